The minimum absolute atomic E-state index is 0.0669. The summed E-state index contributed by atoms with van der Waals surface area (Å²) in [6, 6.07) is 19.5. The number of aromatic nitrogens is 2. The number of nitrogens with one attached hydrogen (secondary N) is 1. The molecule has 0 aliphatic carbocycles. The Kier molecular flexibility index (Phi) is 5.29. The zero-order valence-electron chi connectivity index (χ0n) is 14.7. The van der Waals surface area contributed by atoms with Crippen LogP contribution in [0.1, 0.15) is 36.6 Å². The number of aliphatic imine (C=N–C) groups is 1. The number of rotatable bonds is 6. The largest absolute Gasteiger partial charge is 0.295 e. The van der Waals surface area contributed by atoms with E-state index in [1.807, 2.05) is 67.6 Å². The zero-order valence-corrected chi connectivity index (χ0v) is 14.7. The van der Waals surface area contributed by atoms with Gasteiger partial charge in [0.15, 0.2) is 0 Å². The van der Waals surface area contributed by atoms with Crippen molar-refractivity contribution >= 4 is 5.71 Å². The Hall–Kier alpha value is -2.88. The fourth-order valence-corrected chi connectivity index (χ4v) is 2.84. The number of hydrogen-bond donors (Lipinski definition) is 1. The number of aryl methyl sites for hydroxylation is 1. The predicted molar refractivity (Wildman–Crippen MR) is 103 cm³/mol. The molecule has 0 saturated heterocycles. The van der Waals surface area contributed by atoms with Crippen molar-refractivity contribution < 1.29 is 0 Å². The first-order valence-corrected chi connectivity index (χ1v) is 8.69. The summed E-state index contributed by atoms with van der Waals surface area (Å²) in [4.78, 5) is 17.9. The quantitative estimate of drug-likeness (QED) is 0.535. The van der Waals surface area contributed by atoms with E-state index < -0.39 is 0 Å². The third kappa shape index (κ3) is 3.63. The van der Waals surface area contributed by atoms with Crippen LogP contribution in [0, 0.1) is 6.92 Å². The van der Waals surface area contributed by atoms with Crippen LogP contribution in [0.3, 0.4) is 0 Å². The number of nitrogens with zero attached hydrogens (tertiary/aromatic N) is 2. The highest BCUT2D eigenvalue weighted by Gasteiger charge is 2.18. The highest BCUT2D eigenvalue weighted by atomic mass is 16.1. The molecule has 1 aromatic heterocycles. The van der Waals surface area contributed by atoms with Crippen molar-refractivity contribution in [2.24, 2.45) is 4.99 Å². The summed E-state index contributed by atoms with van der Waals surface area (Å²) in [5.74, 6) is 0. The zero-order chi connectivity index (χ0) is 17.6. The van der Waals surface area contributed by atoms with E-state index in [0.29, 0.717) is 5.56 Å². The van der Waals surface area contributed by atoms with Gasteiger partial charge in [-0.15, -0.1) is 0 Å². The van der Waals surface area contributed by atoms with Gasteiger partial charge in [0, 0.05) is 17.8 Å². The first kappa shape index (κ1) is 17.0. The number of para-hydroxylation sites is 1. The van der Waals surface area contributed by atoms with Gasteiger partial charge >= 0.3 is 0 Å². The maximum atomic E-state index is 13.1. The SMILES string of the molecule is CCCCN=C(c1ccccc1)c1c(C)[nH]n(-c2ccccc2)c1=O. The van der Waals surface area contributed by atoms with E-state index >= 15 is 0 Å². The highest BCUT2D eigenvalue weighted by Crippen LogP contribution is 2.13. The summed E-state index contributed by atoms with van der Waals surface area (Å²) in [5.41, 5.74) is 3.96. The molecule has 0 saturated carbocycles. The van der Waals surface area contributed by atoms with Gasteiger partial charge in [0.25, 0.3) is 5.56 Å². The summed E-state index contributed by atoms with van der Waals surface area (Å²) in [6.07, 6.45) is 2.08. The number of unbranched alkanes of at least 4 members (excludes halogenated alkanes) is 1. The van der Waals surface area contributed by atoms with E-state index in [4.69, 9.17) is 4.99 Å². The molecule has 0 aliphatic rings. The molecule has 3 aromatic rings. The maximum Gasteiger partial charge on any atom is 0.280 e. The summed E-state index contributed by atoms with van der Waals surface area (Å²) in [6.45, 7) is 4.78. The van der Waals surface area contributed by atoms with Crippen LogP contribution in [0.5, 0.6) is 0 Å². The fourth-order valence-electron chi connectivity index (χ4n) is 2.84. The number of benzene rings is 2. The number of hydrogen-bond acceptors (Lipinski definition) is 2. The molecule has 2 aromatic carbocycles. The minimum atomic E-state index is -0.0669. The summed E-state index contributed by atoms with van der Waals surface area (Å²) < 4.78 is 1.59. The molecule has 1 heterocycles. The maximum absolute atomic E-state index is 13.1. The van der Waals surface area contributed by atoms with E-state index in [9.17, 15) is 4.79 Å². The molecule has 4 nitrogen and oxygen atoms in total. The molecular formula is C21H23N3O. The standard InChI is InChI=1S/C21H23N3O/c1-3-4-15-22-20(17-11-7-5-8-12-17)19-16(2)23-24(21(19)25)18-13-9-6-10-14-18/h5-14,23H,3-4,15H2,1-2H3. The van der Waals surface area contributed by atoms with Crippen LogP contribution in [-0.2, 0) is 0 Å². The van der Waals surface area contributed by atoms with Crippen LogP contribution in [0.25, 0.3) is 5.69 Å². The van der Waals surface area contributed by atoms with Gasteiger partial charge in [-0.3, -0.25) is 14.9 Å². The lowest BCUT2D eigenvalue weighted by atomic mass is 10.0. The Labute approximate surface area is 147 Å². The average molecular weight is 333 g/mol. The van der Waals surface area contributed by atoms with E-state index in [-0.39, 0.29) is 5.56 Å². The van der Waals surface area contributed by atoms with Gasteiger partial charge in [-0.2, -0.15) is 0 Å². The van der Waals surface area contributed by atoms with Crippen LogP contribution >= 0.6 is 0 Å². The van der Waals surface area contributed by atoms with Crippen molar-refractivity contribution in [1.29, 1.82) is 0 Å². The molecule has 4 heteroatoms. The fraction of sp³-hybridized carbons (Fsp3) is 0.238. The molecule has 0 spiro atoms. The third-order valence-corrected chi connectivity index (χ3v) is 4.15. The molecule has 3 rings (SSSR count). The minimum Gasteiger partial charge on any atom is -0.295 e. The molecule has 0 aliphatic heterocycles. The lowest BCUT2D eigenvalue weighted by molar-refractivity contribution is 0.808. The van der Waals surface area contributed by atoms with Crippen LogP contribution in [0.4, 0.5) is 0 Å². The first-order chi connectivity index (χ1) is 12.2. The summed E-state index contributed by atoms with van der Waals surface area (Å²) in [7, 11) is 0. The van der Waals surface area contributed by atoms with E-state index in [1.165, 1.54) is 0 Å². The van der Waals surface area contributed by atoms with Crippen LogP contribution in [0.15, 0.2) is 70.5 Å². The van der Waals surface area contributed by atoms with Gasteiger partial charge in [-0.05, 0) is 25.5 Å². The van der Waals surface area contributed by atoms with Crippen LogP contribution in [-0.4, -0.2) is 22.0 Å². The van der Waals surface area contributed by atoms with Crippen molar-refractivity contribution in [3.8, 4) is 5.69 Å². The number of aromatic amines is 1. The van der Waals surface area contributed by atoms with Crippen molar-refractivity contribution in [3.63, 3.8) is 0 Å². The van der Waals surface area contributed by atoms with Gasteiger partial charge in [0.2, 0.25) is 0 Å². The Bertz CT molecular complexity index is 905. The van der Waals surface area contributed by atoms with E-state index in [0.717, 1.165) is 42.0 Å². The summed E-state index contributed by atoms with van der Waals surface area (Å²) >= 11 is 0. The lowest BCUT2D eigenvalue weighted by Crippen LogP contribution is -2.21. The van der Waals surface area contributed by atoms with Gasteiger partial charge in [0.1, 0.15) is 0 Å². The highest BCUT2D eigenvalue weighted by molar-refractivity contribution is 6.13. The summed E-state index contributed by atoms with van der Waals surface area (Å²) in [5, 5.41) is 3.19. The predicted octanol–water partition coefficient (Wildman–Crippen LogP) is 4.11. The molecule has 128 valence electrons. The topological polar surface area (TPSA) is 50.1 Å². The third-order valence-electron chi connectivity index (χ3n) is 4.15. The van der Waals surface area contributed by atoms with E-state index in [2.05, 4.69) is 12.0 Å². The average Bonchev–Trinajstić information content (AvgIpc) is 2.95. The second-order valence-corrected chi connectivity index (χ2v) is 6.04. The second-order valence-electron chi connectivity index (χ2n) is 6.04. The Morgan fingerprint density at radius 1 is 1.04 bits per heavy atom. The van der Waals surface area contributed by atoms with Crippen molar-refractivity contribution in [3.05, 3.63) is 87.8 Å². The molecule has 0 fully saturated rings. The molecule has 0 amide bonds. The number of H-pyrrole nitrogens is 1. The normalized spacial score (nSPS) is 11.7. The van der Waals surface area contributed by atoms with Crippen LogP contribution in [0.2, 0.25) is 0 Å². The van der Waals surface area contributed by atoms with Crippen molar-refractivity contribution in [1.82, 2.24) is 9.78 Å². The van der Waals surface area contributed by atoms with E-state index in [1.54, 1.807) is 4.68 Å². The molecule has 0 unspecified atom stereocenters. The molecular weight excluding hydrogens is 310 g/mol. The van der Waals surface area contributed by atoms with Crippen molar-refractivity contribution in [2.45, 2.75) is 26.7 Å². The molecule has 0 bridgehead atoms. The van der Waals surface area contributed by atoms with Crippen molar-refractivity contribution in [2.75, 3.05) is 6.54 Å². The molecule has 1 N–H and O–H groups in total. The second kappa shape index (κ2) is 7.79. The molecule has 0 atom stereocenters. The van der Waals surface area contributed by atoms with Gasteiger partial charge in [-0.1, -0.05) is 61.9 Å². The lowest BCUT2D eigenvalue weighted by Gasteiger charge is -2.06. The van der Waals surface area contributed by atoms with Gasteiger partial charge in [-0.25, -0.2) is 4.68 Å². The monoisotopic (exact) mass is 333 g/mol. The Balaban J connectivity index is 2.13. The molecule has 25 heavy (non-hydrogen) atoms. The van der Waals surface area contributed by atoms with Gasteiger partial charge in [0.05, 0.1) is 17.0 Å². The van der Waals surface area contributed by atoms with Gasteiger partial charge < -0.3 is 0 Å². The first-order valence-electron chi connectivity index (χ1n) is 8.69. The Morgan fingerprint density at radius 2 is 1.68 bits per heavy atom. The molecule has 0 radical (unpaired) electrons. The Morgan fingerprint density at radius 3 is 2.32 bits per heavy atom. The van der Waals surface area contributed by atoms with Crippen LogP contribution < -0.4 is 5.56 Å². The smallest absolute Gasteiger partial charge is 0.280 e.